The van der Waals surface area contributed by atoms with Gasteiger partial charge in [-0.1, -0.05) is 74.1 Å². The lowest BCUT2D eigenvalue weighted by Gasteiger charge is -2.40. The average Bonchev–Trinajstić information content (AvgIpc) is 3.20. The first-order valence-electron chi connectivity index (χ1n) is 19.7. The molecule has 286 valence electrons. The summed E-state index contributed by atoms with van der Waals surface area (Å²) in [5, 5.41) is 0. The second kappa shape index (κ2) is 14.0. The SMILES string of the molecule is CC(C)[C@H](CC(=O)C[C@H](C(=O)N1C[C@]2(C[C@H]1C(=O)CC(CC1CCC1)C(=O)C(N)=O)C(C)(C)C21CCC1)C(C)(C)C)C(=O)N1CCOC(C)(C)C1. The summed E-state index contributed by atoms with van der Waals surface area (Å²) in [6, 6.07) is -0.726. The van der Waals surface area contributed by atoms with Crippen LogP contribution in [0.2, 0.25) is 0 Å². The number of morpholine rings is 1. The number of amides is 3. The summed E-state index contributed by atoms with van der Waals surface area (Å²) in [5.41, 5.74) is 4.23. The number of carbonyl (C=O) groups excluding carboxylic acids is 6. The fraction of sp³-hybridized carbons (Fsp3) is 0.854. The van der Waals surface area contributed by atoms with E-state index in [2.05, 4.69) is 13.8 Å². The van der Waals surface area contributed by atoms with Crippen LogP contribution in [0.15, 0.2) is 0 Å². The van der Waals surface area contributed by atoms with Crippen molar-refractivity contribution in [3.8, 4) is 0 Å². The minimum atomic E-state index is -1.01. The van der Waals surface area contributed by atoms with Gasteiger partial charge in [-0.15, -0.1) is 0 Å². The zero-order valence-electron chi connectivity index (χ0n) is 32.9. The highest BCUT2D eigenvalue weighted by Gasteiger charge is 2.85. The fourth-order valence-electron chi connectivity index (χ4n) is 10.7. The maximum absolute atomic E-state index is 14.9. The Labute approximate surface area is 305 Å². The van der Waals surface area contributed by atoms with Crippen LogP contribution in [0.1, 0.15) is 133 Å². The van der Waals surface area contributed by atoms with E-state index in [-0.39, 0.29) is 64.8 Å². The summed E-state index contributed by atoms with van der Waals surface area (Å²) in [6.07, 6.45) is 7.22. The maximum atomic E-state index is 14.9. The van der Waals surface area contributed by atoms with Crippen molar-refractivity contribution in [1.82, 2.24) is 9.80 Å². The van der Waals surface area contributed by atoms with Crippen LogP contribution < -0.4 is 5.73 Å². The van der Waals surface area contributed by atoms with E-state index < -0.39 is 46.5 Å². The van der Waals surface area contributed by atoms with Gasteiger partial charge in [0.15, 0.2) is 5.78 Å². The number of ketones is 3. The molecule has 5 fully saturated rings. The summed E-state index contributed by atoms with van der Waals surface area (Å²) < 4.78 is 5.82. The zero-order chi connectivity index (χ0) is 37.9. The first-order chi connectivity index (χ1) is 23.6. The van der Waals surface area contributed by atoms with Crippen molar-refractivity contribution in [2.45, 2.75) is 145 Å². The fourth-order valence-corrected chi connectivity index (χ4v) is 10.7. The van der Waals surface area contributed by atoms with E-state index in [0.29, 0.717) is 45.0 Å². The zero-order valence-corrected chi connectivity index (χ0v) is 32.9. The first-order valence-corrected chi connectivity index (χ1v) is 19.7. The summed E-state index contributed by atoms with van der Waals surface area (Å²) in [7, 11) is 0. The van der Waals surface area contributed by atoms with Crippen LogP contribution in [0.3, 0.4) is 0 Å². The number of fused-ring (bicyclic) bond motifs is 1. The van der Waals surface area contributed by atoms with E-state index in [1.165, 1.54) is 0 Å². The van der Waals surface area contributed by atoms with Crippen molar-refractivity contribution in [2.75, 3.05) is 26.2 Å². The number of Topliss-reactive ketones (excluding diaryl/α,β-unsaturated/α-hetero) is 3. The number of carbonyl (C=O) groups is 6. The van der Waals surface area contributed by atoms with Gasteiger partial charge in [0.1, 0.15) is 5.78 Å². The standard InChI is InChI=1S/C41H65N3O7/c1-25(2)29(35(49)43-16-17-51-38(6,7)23-43)20-28(45)21-30(37(3,4)5)36(50)44-24-41(39(8,9)40(41)14-11-15-40)22-31(44)32(46)19-27(33(47)34(42)48)18-26-12-10-13-26/h25-27,29-31H,10-24H2,1-9H3,(H2,42,48)/t27?,29-,30+,31-,41+/m0/s1. The van der Waals surface area contributed by atoms with Crippen molar-refractivity contribution in [2.24, 2.45) is 57.0 Å². The number of primary amides is 1. The molecule has 2 N–H and O–H groups in total. The smallest absolute Gasteiger partial charge is 0.285 e. The predicted molar refractivity (Wildman–Crippen MR) is 194 cm³/mol. The lowest BCUT2D eigenvalue weighted by atomic mass is 9.73. The molecule has 0 bridgehead atoms. The lowest BCUT2D eigenvalue weighted by molar-refractivity contribution is -0.153. The predicted octanol–water partition coefficient (Wildman–Crippen LogP) is 5.53. The van der Waals surface area contributed by atoms with E-state index in [0.717, 1.165) is 38.5 Å². The van der Waals surface area contributed by atoms with Gasteiger partial charge in [0.2, 0.25) is 17.6 Å². The number of nitrogens with two attached hydrogens (primary N) is 1. The number of nitrogens with zero attached hydrogens (tertiary/aromatic N) is 2. The van der Waals surface area contributed by atoms with Gasteiger partial charge >= 0.3 is 0 Å². The van der Waals surface area contributed by atoms with Crippen molar-refractivity contribution >= 4 is 35.1 Å². The normalized spacial score (nSPS) is 28.2. The van der Waals surface area contributed by atoms with Crippen LogP contribution in [0, 0.1) is 51.2 Å². The van der Waals surface area contributed by atoms with E-state index in [4.69, 9.17) is 10.5 Å². The van der Waals surface area contributed by atoms with Crippen molar-refractivity contribution in [1.29, 1.82) is 0 Å². The first kappa shape index (κ1) is 39.6. The van der Waals surface area contributed by atoms with E-state index >= 15 is 0 Å². The monoisotopic (exact) mass is 711 g/mol. The number of likely N-dealkylation sites (tertiary alicyclic amines) is 1. The highest BCUT2D eigenvalue weighted by Crippen LogP contribution is 2.88. The Kier molecular flexibility index (Phi) is 10.9. The molecule has 0 aromatic rings. The minimum absolute atomic E-state index is 0.0170. The van der Waals surface area contributed by atoms with Gasteiger partial charge in [-0.3, -0.25) is 28.8 Å². The molecule has 0 radical (unpaired) electrons. The lowest BCUT2D eigenvalue weighted by Crippen LogP contribution is -2.53. The molecule has 5 rings (SSSR count). The Hall–Kier alpha value is -2.62. The van der Waals surface area contributed by atoms with Gasteiger partial charge in [0, 0.05) is 62.1 Å². The van der Waals surface area contributed by atoms with Crippen LogP contribution in [0.25, 0.3) is 0 Å². The Morgan fingerprint density at radius 3 is 1.98 bits per heavy atom. The van der Waals surface area contributed by atoms with Gasteiger partial charge in [-0.05, 0) is 67.6 Å². The Morgan fingerprint density at radius 2 is 1.51 bits per heavy atom. The van der Waals surface area contributed by atoms with Gasteiger partial charge in [-0.2, -0.15) is 0 Å². The molecule has 2 saturated heterocycles. The highest BCUT2D eigenvalue weighted by molar-refractivity contribution is 6.36. The van der Waals surface area contributed by atoms with E-state index in [1.807, 2.05) is 53.4 Å². The Bertz CT molecular complexity index is 1420. The topological polar surface area (TPSA) is 144 Å². The summed E-state index contributed by atoms with van der Waals surface area (Å²) >= 11 is 0. The molecule has 2 spiro atoms. The largest absolute Gasteiger partial charge is 0.372 e. The molecule has 2 heterocycles. The third-order valence-electron chi connectivity index (χ3n) is 14.5. The van der Waals surface area contributed by atoms with E-state index in [1.54, 1.807) is 4.90 Å². The van der Waals surface area contributed by atoms with Crippen LogP contribution >= 0.6 is 0 Å². The van der Waals surface area contributed by atoms with Crippen molar-refractivity contribution < 1.29 is 33.5 Å². The number of hydrogen-bond acceptors (Lipinski definition) is 7. The molecule has 2 aliphatic heterocycles. The number of hydrogen-bond donors (Lipinski definition) is 1. The third-order valence-corrected chi connectivity index (χ3v) is 14.5. The van der Waals surface area contributed by atoms with Gasteiger partial charge in [-0.25, -0.2) is 0 Å². The van der Waals surface area contributed by atoms with Gasteiger partial charge in [0.25, 0.3) is 5.91 Å². The van der Waals surface area contributed by atoms with Crippen molar-refractivity contribution in [3.63, 3.8) is 0 Å². The summed E-state index contributed by atoms with van der Waals surface area (Å²) in [6.45, 7) is 20.1. The number of ether oxygens (including phenoxy) is 1. The Morgan fingerprint density at radius 1 is 0.863 bits per heavy atom. The molecule has 1 unspecified atom stereocenters. The van der Waals surface area contributed by atoms with Gasteiger partial charge < -0.3 is 20.3 Å². The molecule has 5 aliphatic rings. The molecule has 0 aromatic heterocycles. The molecule has 3 aliphatic carbocycles. The minimum Gasteiger partial charge on any atom is -0.372 e. The van der Waals surface area contributed by atoms with Crippen LogP contribution in [0.4, 0.5) is 0 Å². The van der Waals surface area contributed by atoms with Crippen LogP contribution in [0.5, 0.6) is 0 Å². The molecule has 0 aromatic carbocycles. The third kappa shape index (κ3) is 7.20. The van der Waals surface area contributed by atoms with Gasteiger partial charge in [0.05, 0.1) is 18.2 Å². The summed E-state index contributed by atoms with van der Waals surface area (Å²) in [4.78, 5) is 85.6. The quantitative estimate of drug-likeness (QED) is 0.234. The maximum Gasteiger partial charge on any atom is 0.285 e. The van der Waals surface area contributed by atoms with Crippen LogP contribution in [-0.4, -0.2) is 82.8 Å². The molecule has 51 heavy (non-hydrogen) atoms. The molecular formula is C41H65N3O7. The average molecular weight is 712 g/mol. The second-order valence-corrected chi connectivity index (χ2v) is 19.5. The molecular weight excluding hydrogens is 646 g/mol. The molecule has 10 heteroatoms. The van der Waals surface area contributed by atoms with Crippen molar-refractivity contribution in [3.05, 3.63) is 0 Å². The highest BCUT2D eigenvalue weighted by atomic mass is 16.5. The Balaban J connectivity index is 1.38. The van der Waals surface area contributed by atoms with E-state index in [9.17, 15) is 28.8 Å². The molecule has 3 saturated carbocycles. The number of rotatable bonds is 14. The second-order valence-electron chi connectivity index (χ2n) is 19.5. The molecule has 3 amide bonds. The van der Waals surface area contributed by atoms with Crippen LogP contribution in [-0.2, 0) is 33.5 Å². The summed E-state index contributed by atoms with van der Waals surface area (Å²) in [5.74, 6) is -4.03. The molecule has 10 nitrogen and oxygen atoms in total. The molecule has 5 atom stereocenters.